The van der Waals surface area contributed by atoms with E-state index < -0.39 is 0 Å². The number of nitriles is 1. The molecule has 1 amide bonds. The Morgan fingerprint density at radius 2 is 1.96 bits per heavy atom. The first-order valence-electron chi connectivity index (χ1n) is 8.17. The van der Waals surface area contributed by atoms with Gasteiger partial charge in [0.25, 0.3) is 5.91 Å². The van der Waals surface area contributed by atoms with Gasteiger partial charge in [-0.25, -0.2) is 4.99 Å². The highest BCUT2D eigenvalue weighted by molar-refractivity contribution is 8.13. The molecule has 0 spiro atoms. The first-order valence-corrected chi connectivity index (χ1v) is 10.3. The molecule has 3 rings (SSSR count). The van der Waals surface area contributed by atoms with Crippen LogP contribution in [0.1, 0.15) is 9.67 Å². The predicted octanol–water partition coefficient (Wildman–Crippen LogP) is 3.13. The van der Waals surface area contributed by atoms with E-state index in [-0.39, 0.29) is 5.91 Å². The number of rotatable bonds is 3. The summed E-state index contributed by atoms with van der Waals surface area (Å²) in [4.78, 5) is 21.8. The van der Waals surface area contributed by atoms with E-state index in [0.29, 0.717) is 5.17 Å². The van der Waals surface area contributed by atoms with Gasteiger partial charge in [-0.05, 0) is 42.0 Å². The number of benzene rings is 1. The molecule has 1 aliphatic rings. The fourth-order valence-corrected chi connectivity index (χ4v) is 3.79. The number of carbonyl (C=O) groups is 1. The molecule has 0 saturated carbocycles. The van der Waals surface area contributed by atoms with E-state index in [1.54, 1.807) is 0 Å². The average molecular weight is 386 g/mol. The minimum atomic E-state index is 0.124. The van der Waals surface area contributed by atoms with E-state index in [1.165, 1.54) is 23.1 Å². The lowest BCUT2D eigenvalue weighted by Gasteiger charge is -2.36. The molecule has 2 heterocycles. The quantitative estimate of drug-likeness (QED) is 0.380. The second-order valence-electron chi connectivity index (χ2n) is 5.63. The van der Waals surface area contributed by atoms with Crippen LogP contribution >= 0.6 is 23.1 Å². The van der Waals surface area contributed by atoms with Crippen LogP contribution in [0.25, 0.3) is 0 Å². The second kappa shape index (κ2) is 8.74. The Morgan fingerprint density at radius 1 is 1.23 bits per heavy atom. The summed E-state index contributed by atoms with van der Waals surface area (Å²) in [6.07, 6.45) is 3.75. The Bertz CT molecular complexity index is 803. The summed E-state index contributed by atoms with van der Waals surface area (Å²) in [6.45, 7) is 3.07. The van der Waals surface area contributed by atoms with Crippen molar-refractivity contribution in [1.82, 2.24) is 10.2 Å². The van der Waals surface area contributed by atoms with E-state index in [1.807, 2.05) is 59.1 Å². The smallest absolute Gasteiger partial charge is 0.264 e. The zero-order valence-corrected chi connectivity index (χ0v) is 16.0. The molecule has 1 aromatic heterocycles. The highest BCUT2D eigenvalue weighted by Crippen LogP contribution is 2.22. The van der Waals surface area contributed by atoms with Gasteiger partial charge in [0.2, 0.25) is 0 Å². The topological polar surface area (TPSA) is 71.7 Å². The molecule has 134 valence electrons. The summed E-state index contributed by atoms with van der Waals surface area (Å²) >= 11 is 2.88. The number of nitrogens with zero attached hydrogens (tertiary/aromatic N) is 4. The number of hydrogen-bond acceptors (Lipinski definition) is 6. The number of piperazine rings is 1. The van der Waals surface area contributed by atoms with E-state index in [4.69, 9.17) is 5.26 Å². The van der Waals surface area contributed by atoms with Crippen molar-refractivity contribution in [2.45, 2.75) is 0 Å². The van der Waals surface area contributed by atoms with E-state index in [2.05, 4.69) is 15.2 Å². The van der Waals surface area contributed by atoms with Crippen molar-refractivity contribution in [3.05, 3.63) is 46.7 Å². The molecule has 1 N–H and O–H groups in total. The van der Waals surface area contributed by atoms with Gasteiger partial charge in [-0.15, -0.1) is 11.3 Å². The molecule has 1 saturated heterocycles. The maximum atomic E-state index is 12.4. The lowest BCUT2D eigenvalue weighted by atomic mass is 10.2. The van der Waals surface area contributed by atoms with Gasteiger partial charge in [0.1, 0.15) is 0 Å². The number of amides is 1. The number of nitrogens with one attached hydrogen (secondary N) is 1. The van der Waals surface area contributed by atoms with Crippen LogP contribution in [-0.2, 0) is 0 Å². The van der Waals surface area contributed by atoms with Crippen LogP contribution in [0.15, 0.2) is 46.8 Å². The number of anilines is 1. The molecular weight excluding hydrogens is 366 g/mol. The van der Waals surface area contributed by atoms with Crippen LogP contribution in [0.5, 0.6) is 0 Å². The van der Waals surface area contributed by atoms with Gasteiger partial charge < -0.3 is 9.80 Å². The lowest BCUT2D eigenvalue weighted by Crippen LogP contribution is -2.48. The zero-order valence-electron chi connectivity index (χ0n) is 14.4. The summed E-state index contributed by atoms with van der Waals surface area (Å²) in [7, 11) is 0. The van der Waals surface area contributed by atoms with Crippen molar-refractivity contribution in [3.8, 4) is 6.19 Å². The van der Waals surface area contributed by atoms with Gasteiger partial charge in [0, 0.05) is 31.9 Å². The van der Waals surface area contributed by atoms with Crippen molar-refractivity contribution in [2.24, 2.45) is 4.99 Å². The van der Waals surface area contributed by atoms with Crippen LogP contribution in [0.2, 0.25) is 0 Å². The number of carbonyl (C=O) groups excluding carboxylic acids is 1. The van der Waals surface area contributed by atoms with Crippen LogP contribution in [-0.4, -0.2) is 48.4 Å². The summed E-state index contributed by atoms with van der Waals surface area (Å²) < 4.78 is 0. The minimum Gasteiger partial charge on any atom is -0.368 e. The average Bonchev–Trinajstić information content (AvgIpc) is 3.22. The first-order chi connectivity index (χ1) is 12.7. The van der Waals surface area contributed by atoms with Gasteiger partial charge >= 0.3 is 0 Å². The molecule has 26 heavy (non-hydrogen) atoms. The fraction of sp³-hybridized carbons (Fsp3) is 0.278. The Kier molecular flexibility index (Phi) is 6.15. The van der Waals surface area contributed by atoms with E-state index in [9.17, 15) is 4.79 Å². The summed E-state index contributed by atoms with van der Waals surface area (Å²) in [5.41, 5.74) is 1.92. The highest BCUT2D eigenvalue weighted by atomic mass is 32.2. The first kappa shape index (κ1) is 18.3. The molecule has 2 aromatic rings. The molecule has 1 aromatic carbocycles. The number of aliphatic imine (C=N–C) groups is 1. The predicted molar refractivity (Wildman–Crippen MR) is 108 cm³/mol. The Balaban J connectivity index is 1.60. The fourth-order valence-electron chi connectivity index (χ4n) is 2.75. The van der Waals surface area contributed by atoms with Crippen molar-refractivity contribution in [3.63, 3.8) is 0 Å². The molecule has 6 nitrogen and oxygen atoms in total. The number of thiophene rings is 1. The van der Waals surface area contributed by atoms with Crippen LogP contribution in [0.4, 0.5) is 11.4 Å². The zero-order chi connectivity index (χ0) is 18.4. The minimum absolute atomic E-state index is 0.124. The normalized spacial score (nSPS) is 14.8. The highest BCUT2D eigenvalue weighted by Gasteiger charge is 2.22. The van der Waals surface area contributed by atoms with Crippen molar-refractivity contribution < 1.29 is 4.79 Å². The molecule has 0 bridgehead atoms. The molecule has 0 radical (unpaired) electrons. The Labute approximate surface area is 161 Å². The number of amidine groups is 1. The molecule has 1 fully saturated rings. The third-order valence-electron chi connectivity index (χ3n) is 4.10. The molecule has 0 atom stereocenters. The van der Waals surface area contributed by atoms with Crippen molar-refractivity contribution in [1.29, 1.82) is 5.26 Å². The number of thioether (sulfide) groups is 1. The second-order valence-corrected chi connectivity index (χ2v) is 7.37. The van der Waals surface area contributed by atoms with Gasteiger partial charge in [0.05, 0.1) is 10.6 Å². The molecule has 1 aliphatic heterocycles. The Hall–Kier alpha value is -2.50. The van der Waals surface area contributed by atoms with E-state index >= 15 is 0 Å². The van der Waals surface area contributed by atoms with Crippen LogP contribution < -0.4 is 10.2 Å². The van der Waals surface area contributed by atoms with Crippen molar-refractivity contribution in [2.75, 3.05) is 37.3 Å². The summed E-state index contributed by atoms with van der Waals surface area (Å²) in [5.74, 6) is 0.124. The van der Waals surface area contributed by atoms with Gasteiger partial charge in [-0.2, -0.15) is 5.26 Å². The van der Waals surface area contributed by atoms with Gasteiger partial charge in [-0.1, -0.05) is 17.8 Å². The standard InChI is InChI=1S/C18H19N5OS2/c1-25-18(20-13-19)21-14-4-6-15(7-5-14)22-8-10-23(11-9-22)17(24)16-3-2-12-26-16/h2-7,12H,8-11H2,1H3,(H,20,21). The molecule has 8 heteroatoms. The molecular formula is C18H19N5OS2. The SMILES string of the molecule is CSC(=Nc1ccc(N2CCN(C(=O)c3cccs3)CC2)cc1)NC#N. The van der Waals surface area contributed by atoms with Crippen molar-refractivity contribution >= 4 is 45.5 Å². The third kappa shape index (κ3) is 4.36. The maximum absolute atomic E-state index is 12.4. The summed E-state index contributed by atoms with van der Waals surface area (Å²) in [6, 6.07) is 11.7. The van der Waals surface area contributed by atoms with E-state index in [0.717, 1.165) is 42.4 Å². The van der Waals surface area contributed by atoms with Crippen LogP contribution in [0.3, 0.4) is 0 Å². The largest absolute Gasteiger partial charge is 0.368 e. The monoisotopic (exact) mass is 385 g/mol. The Morgan fingerprint density at radius 3 is 2.54 bits per heavy atom. The molecule has 0 unspecified atom stereocenters. The summed E-state index contributed by atoms with van der Waals surface area (Å²) in [5, 5.41) is 13.8. The maximum Gasteiger partial charge on any atom is 0.264 e. The third-order valence-corrected chi connectivity index (χ3v) is 5.54. The molecule has 0 aliphatic carbocycles. The van der Waals surface area contributed by atoms with Gasteiger partial charge in [-0.3, -0.25) is 10.1 Å². The van der Waals surface area contributed by atoms with Gasteiger partial charge in [0.15, 0.2) is 11.4 Å². The number of hydrogen-bond donors (Lipinski definition) is 1. The lowest BCUT2D eigenvalue weighted by molar-refractivity contribution is 0.0751. The van der Waals surface area contributed by atoms with Crippen LogP contribution in [0, 0.1) is 11.5 Å².